The van der Waals surface area contributed by atoms with Gasteiger partial charge in [0.1, 0.15) is 11.5 Å². The van der Waals surface area contributed by atoms with E-state index < -0.39 is 0 Å². The largest absolute Gasteiger partial charge is 0.362 e. The number of aromatic nitrogens is 2. The van der Waals surface area contributed by atoms with E-state index in [0.29, 0.717) is 0 Å². The van der Waals surface area contributed by atoms with Gasteiger partial charge in [0.15, 0.2) is 0 Å². The van der Waals surface area contributed by atoms with Crippen LogP contribution in [0, 0.1) is 6.92 Å². The minimum Gasteiger partial charge on any atom is -0.362 e. The highest BCUT2D eigenvalue weighted by atomic mass is 79.9. The second kappa shape index (κ2) is 5.53. The predicted octanol–water partition coefficient (Wildman–Crippen LogP) is 2.55. The van der Waals surface area contributed by atoms with E-state index >= 15 is 0 Å². The summed E-state index contributed by atoms with van der Waals surface area (Å²) in [4.78, 5) is 0. The van der Waals surface area contributed by atoms with Gasteiger partial charge in [-0.3, -0.25) is 0 Å². The molecular weight excluding hydrogens is 236 g/mol. The van der Waals surface area contributed by atoms with Crippen LogP contribution in [0.5, 0.6) is 0 Å². The van der Waals surface area contributed by atoms with E-state index in [4.69, 9.17) is 0 Å². The molecule has 2 rings (SSSR count). The van der Waals surface area contributed by atoms with Crippen LogP contribution in [-0.4, -0.2) is 10.3 Å². The molecule has 2 aromatic rings. The highest BCUT2D eigenvalue weighted by molar-refractivity contribution is 9.08. The van der Waals surface area contributed by atoms with Gasteiger partial charge in [0, 0.05) is 12.1 Å². The number of rotatable bonds is 1. The van der Waals surface area contributed by atoms with Gasteiger partial charge in [-0.05, 0) is 6.92 Å². The number of aryl methyl sites for hydroxylation is 1. The summed E-state index contributed by atoms with van der Waals surface area (Å²) >= 11 is 3.20. The van der Waals surface area contributed by atoms with Crippen molar-refractivity contribution in [3.05, 3.63) is 36.0 Å². The molecule has 0 aromatic carbocycles. The Bertz CT molecular complexity index is 305. The number of halogens is 1. The molecule has 70 valence electrons. The third-order valence-corrected chi connectivity index (χ3v) is 1.74. The molecule has 0 aliphatic carbocycles. The number of nitrogens with zero attached hydrogens (tertiary/aromatic N) is 2. The van der Waals surface area contributed by atoms with Crippen molar-refractivity contribution in [3.8, 4) is 0 Å². The van der Waals surface area contributed by atoms with Gasteiger partial charge in [-0.15, -0.1) is 0 Å². The van der Waals surface area contributed by atoms with E-state index in [1.165, 1.54) is 0 Å². The molecule has 13 heavy (non-hydrogen) atoms. The van der Waals surface area contributed by atoms with E-state index in [0.717, 1.165) is 16.9 Å². The van der Waals surface area contributed by atoms with Crippen LogP contribution in [0.4, 0.5) is 0 Å². The lowest BCUT2D eigenvalue weighted by Gasteiger charge is -1.74. The Labute approximate surface area is 84.0 Å². The van der Waals surface area contributed by atoms with E-state index in [1.807, 2.05) is 13.0 Å². The molecule has 0 amide bonds. The molecule has 2 aromatic heterocycles. The zero-order chi connectivity index (χ0) is 9.52. The summed E-state index contributed by atoms with van der Waals surface area (Å²) in [5.41, 5.74) is 0. The molecular formula is C8H9BrN2O2. The average molecular weight is 245 g/mol. The molecule has 0 unspecified atom stereocenters. The van der Waals surface area contributed by atoms with Gasteiger partial charge in [0.25, 0.3) is 0 Å². The Balaban J connectivity index is 0.000000132. The van der Waals surface area contributed by atoms with Crippen LogP contribution in [-0.2, 0) is 5.33 Å². The molecule has 0 N–H and O–H groups in total. The Morgan fingerprint density at radius 1 is 1.23 bits per heavy atom. The first kappa shape index (κ1) is 9.98. The number of hydrogen-bond acceptors (Lipinski definition) is 4. The molecule has 0 atom stereocenters. The highest BCUT2D eigenvalue weighted by Crippen LogP contribution is 2.00. The topological polar surface area (TPSA) is 52.1 Å². The Kier molecular flexibility index (Phi) is 4.25. The smallest absolute Gasteiger partial charge is 0.147 e. The summed E-state index contributed by atoms with van der Waals surface area (Å²) in [6, 6.07) is 3.62. The maximum atomic E-state index is 4.69. The van der Waals surface area contributed by atoms with Crippen LogP contribution < -0.4 is 0 Å². The van der Waals surface area contributed by atoms with Crippen LogP contribution >= 0.6 is 15.9 Å². The maximum Gasteiger partial charge on any atom is 0.147 e. The molecule has 0 bridgehead atoms. The molecule has 4 nitrogen and oxygen atoms in total. The fourth-order valence-electron chi connectivity index (χ4n) is 0.590. The summed E-state index contributed by atoms with van der Waals surface area (Å²) < 4.78 is 9.27. The van der Waals surface area contributed by atoms with E-state index in [1.54, 1.807) is 18.5 Å². The van der Waals surface area contributed by atoms with Gasteiger partial charge in [0.05, 0.1) is 17.7 Å². The van der Waals surface area contributed by atoms with Crippen LogP contribution in [0.25, 0.3) is 0 Å². The quantitative estimate of drug-likeness (QED) is 0.724. The number of hydrogen-bond donors (Lipinski definition) is 0. The maximum absolute atomic E-state index is 4.69. The fourth-order valence-corrected chi connectivity index (χ4v) is 0.880. The van der Waals surface area contributed by atoms with Crippen LogP contribution in [0.1, 0.15) is 11.5 Å². The Morgan fingerprint density at radius 2 is 1.92 bits per heavy atom. The van der Waals surface area contributed by atoms with Gasteiger partial charge in [-0.25, -0.2) is 0 Å². The monoisotopic (exact) mass is 244 g/mol. The standard InChI is InChI=1S/C4H4BrNO.C4H5NO/c5-3-4-1-2-6-7-4;1-4-2-3-5-6-4/h1-2H,3H2;2-3H,1H3. The lowest BCUT2D eigenvalue weighted by molar-refractivity contribution is 0.395. The lowest BCUT2D eigenvalue weighted by Crippen LogP contribution is -1.62. The molecule has 0 saturated heterocycles. The van der Waals surface area contributed by atoms with Crippen LogP contribution in [0.15, 0.2) is 33.6 Å². The Morgan fingerprint density at radius 3 is 2.15 bits per heavy atom. The van der Waals surface area contributed by atoms with E-state index in [9.17, 15) is 0 Å². The highest BCUT2D eigenvalue weighted by Gasteiger charge is 1.87. The van der Waals surface area contributed by atoms with Crippen molar-refractivity contribution in [1.82, 2.24) is 10.3 Å². The summed E-state index contributed by atoms with van der Waals surface area (Å²) in [5.74, 6) is 1.72. The zero-order valence-corrected chi connectivity index (χ0v) is 8.69. The SMILES string of the molecule is BrCc1ccno1.Cc1ccno1. The first-order chi connectivity index (χ1) is 6.33. The van der Waals surface area contributed by atoms with Crippen molar-refractivity contribution in [1.29, 1.82) is 0 Å². The van der Waals surface area contributed by atoms with Crippen molar-refractivity contribution >= 4 is 15.9 Å². The minimum absolute atomic E-state index is 0.743. The average Bonchev–Trinajstić information content (AvgIpc) is 2.76. The van der Waals surface area contributed by atoms with Gasteiger partial charge in [-0.2, -0.15) is 0 Å². The molecule has 2 heterocycles. The fraction of sp³-hybridized carbons (Fsp3) is 0.250. The normalized spacial score (nSPS) is 9.08. The summed E-state index contributed by atoms with van der Waals surface area (Å²) in [6.45, 7) is 1.85. The van der Waals surface area contributed by atoms with Gasteiger partial charge in [0.2, 0.25) is 0 Å². The third kappa shape index (κ3) is 3.89. The molecule has 0 aliphatic rings. The van der Waals surface area contributed by atoms with Gasteiger partial charge < -0.3 is 9.05 Å². The first-order valence-electron chi connectivity index (χ1n) is 3.65. The molecule has 5 heteroatoms. The van der Waals surface area contributed by atoms with Crippen molar-refractivity contribution in [3.63, 3.8) is 0 Å². The van der Waals surface area contributed by atoms with Crippen LogP contribution in [0.2, 0.25) is 0 Å². The summed E-state index contributed by atoms with van der Waals surface area (Å²) in [7, 11) is 0. The van der Waals surface area contributed by atoms with Crippen LogP contribution in [0.3, 0.4) is 0 Å². The Hall–Kier alpha value is -1.10. The minimum atomic E-state index is 0.743. The van der Waals surface area contributed by atoms with E-state index in [2.05, 4.69) is 35.3 Å². The lowest BCUT2D eigenvalue weighted by atomic mass is 10.5. The zero-order valence-electron chi connectivity index (χ0n) is 7.11. The molecule has 0 fully saturated rings. The summed E-state index contributed by atoms with van der Waals surface area (Å²) in [6.07, 6.45) is 3.24. The second-order valence-electron chi connectivity index (χ2n) is 2.24. The van der Waals surface area contributed by atoms with Gasteiger partial charge >= 0.3 is 0 Å². The van der Waals surface area contributed by atoms with Crippen molar-refractivity contribution in [2.24, 2.45) is 0 Å². The van der Waals surface area contributed by atoms with Crippen molar-refractivity contribution < 1.29 is 9.05 Å². The predicted molar refractivity (Wildman–Crippen MR) is 50.4 cm³/mol. The van der Waals surface area contributed by atoms with Crippen molar-refractivity contribution in [2.45, 2.75) is 12.3 Å². The van der Waals surface area contributed by atoms with Crippen molar-refractivity contribution in [2.75, 3.05) is 0 Å². The molecule has 0 saturated carbocycles. The van der Waals surface area contributed by atoms with Gasteiger partial charge in [-0.1, -0.05) is 26.2 Å². The first-order valence-corrected chi connectivity index (χ1v) is 4.78. The third-order valence-electron chi connectivity index (χ3n) is 1.19. The molecule has 0 radical (unpaired) electrons. The molecule has 0 aliphatic heterocycles. The second-order valence-corrected chi connectivity index (χ2v) is 2.80. The van der Waals surface area contributed by atoms with E-state index in [-0.39, 0.29) is 0 Å². The summed E-state index contributed by atoms with van der Waals surface area (Å²) in [5, 5.41) is 7.68. The molecule has 0 spiro atoms. The number of alkyl halides is 1.